The predicted molar refractivity (Wildman–Crippen MR) is 123 cm³/mol. The molecule has 156 valence electrons. The molecule has 1 heterocycles. The van der Waals surface area contributed by atoms with Gasteiger partial charge in [-0.05, 0) is 29.8 Å². The number of para-hydroxylation sites is 1. The Labute approximate surface area is 186 Å². The van der Waals surface area contributed by atoms with Crippen LogP contribution in [0, 0.1) is 11.3 Å². The molecule has 8 nitrogen and oxygen atoms in total. The van der Waals surface area contributed by atoms with Gasteiger partial charge < -0.3 is 21.9 Å². The number of hydrogen-bond donors (Lipinski definition) is 4. The molecule has 0 spiro atoms. The third kappa shape index (κ3) is 5.06. The van der Waals surface area contributed by atoms with Gasteiger partial charge in [0.25, 0.3) is 11.5 Å². The summed E-state index contributed by atoms with van der Waals surface area (Å²) in [6.07, 6.45) is 0. The average molecular weight is 453 g/mol. The highest BCUT2D eigenvalue weighted by atomic mass is 35.5. The molecule has 1 aromatic heterocycles. The molecule has 0 aliphatic carbocycles. The zero-order valence-corrected chi connectivity index (χ0v) is 17.6. The Bertz CT molecular complexity index is 1230. The molecule has 3 rings (SSSR count). The highest BCUT2D eigenvalue weighted by Gasteiger charge is 2.24. The van der Waals surface area contributed by atoms with E-state index in [-0.39, 0.29) is 33.3 Å². The number of hydrazone groups is 1. The van der Waals surface area contributed by atoms with Gasteiger partial charge in [0.2, 0.25) is 0 Å². The third-order valence-electron chi connectivity index (χ3n) is 4.21. The van der Waals surface area contributed by atoms with Crippen LogP contribution in [0.15, 0.2) is 69.5 Å². The highest BCUT2D eigenvalue weighted by Crippen LogP contribution is 2.32. The molecule has 0 atom stereocenters. The fourth-order valence-electron chi connectivity index (χ4n) is 2.82. The van der Waals surface area contributed by atoms with Crippen LogP contribution in [0.25, 0.3) is 11.1 Å². The SMILES string of the molecule is N#Cc1c(SC/C(N)=N/N)[nH]c(=O)c(C(=O)Nc2ccccc2)c1-c1ccc(Cl)cc1. The summed E-state index contributed by atoms with van der Waals surface area (Å²) in [4.78, 5) is 28.6. The van der Waals surface area contributed by atoms with Crippen molar-refractivity contribution < 1.29 is 4.79 Å². The van der Waals surface area contributed by atoms with Crippen molar-refractivity contribution in [2.45, 2.75) is 5.03 Å². The Kier molecular flexibility index (Phi) is 6.97. The van der Waals surface area contributed by atoms with E-state index < -0.39 is 11.5 Å². The largest absolute Gasteiger partial charge is 0.385 e. The van der Waals surface area contributed by atoms with E-state index in [0.717, 1.165) is 11.8 Å². The van der Waals surface area contributed by atoms with Crippen LogP contribution >= 0.6 is 23.4 Å². The van der Waals surface area contributed by atoms with Crippen molar-refractivity contribution in [1.29, 1.82) is 5.26 Å². The first-order valence-electron chi connectivity index (χ1n) is 8.92. The number of H-pyrrole nitrogens is 1. The summed E-state index contributed by atoms with van der Waals surface area (Å²) in [7, 11) is 0. The zero-order chi connectivity index (χ0) is 22.4. The Morgan fingerprint density at radius 2 is 1.87 bits per heavy atom. The van der Waals surface area contributed by atoms with Gasteiger partial charge >= 0.3 is 0 Å². The Morgan fingerprint density at radius 1 is 1.19 bits per heavy atom. The van der Waals surface area contributed by atoms with Crippen molar-refractivity contribution in [3.05, 3.63) is 81.1 Å². The average Bonchev–Trinajstić information content (AvgIpc) is 2.78. The Hall–Kier alpha value is -3.74. The van der Waals surface area contributed by atoms with Gasteiger partial charge in [-0.1, -0.05) is 53.7 Å². The van der Waals surface area contributed by atoms with Gasteiger partial charge in [-0.2, -0.15) is 10.4 Å². The molecule has 0 radical (unpaired) electrons. The molecular weight excluding hydrogens is 436 g/mol. The number of nitrogens with zero attached hydrogens (tertiary/aromatic N) is 2. The van der Waals surface area contributed by atoms with E-state index in [1.165, 1.54) is 0 Å². The number of amidine groups is 1. The number of pyridine rings is 1. The van der Waals surface area contributed by atoms with Gasteiger partial charge in [0, 0.05) is 16.3 Å². The second kappa shape index (κ2) is 9.84. The van der Waals surface area contributed by atoms with Crippen LogP contribution < -0.4 is 22.5 Å². The molecule has 0 aliphatic rings. The van der Waals surface area contributed by atoms with Crippen LogP contribution in [0.2, 0.25) is 5.02 Å². The summed E-state index contributed by atoms with van der Waals surface area (Å²) in [5.41, 5.74) is 6.12. The monoisotopic (exact) mass is 452 g/mol. The fraction of sp³-hybridized carbons (Fsp3) is 0.0476. The highest BCUT2D eigenvalue weighted by molar-refractivity contribution is 8.00. The van der Waals surface area contributed by atoms with Gasteiger partial charge in [-0.3, -0.25) is 9.59 Å². The number of aromatic amines is 1. The predicted octanol–water partition coefficient (Wildman–Crippen LogP) is 3.14. The normalized spacial score (nSPS) is 11.0. The van der Waals surface area contributed by atoms with Crippen molar-refractivity contribution in [3.63, 3.8) is 0 Å². The number of anilines is 1. The van der Waals surface area contributed by atoms with Crippen molar-refractivity contribution in [2.24, 2.45) is 16.7 Å². The minimum Gasteiger partial charge on any atom is -0.385 e. The van der Waals surface area contributed by atoms with Gasteiger partial charge in [0.15, 0.2) is 0 Å². The maximum Gasteiger partial charge on any atom is 0.262 e. The molecule has 10 heteroatoms. The Balaban J connectivity index is 2.19. The van der Waals surface area contributed by atoms with E-state index in [1.54, 1.807) is 54.6 Å². The molecule has 0 saturated carbocycles. The Morgan fingerprint density at radius 3 is 2.48 bits per heavy atom. The molecule has 0 aliphatic heterocycles. The van der Waals surface area contributed by atoms with E-state index in [9.17, 15) is 14.9 Å². The summed E-state index contributed by atoms with van der Waals surface area (Å²) in [6, 6.07) is 17.3. The lowest BCUT2D eigenvalue weighted by atomic mass is 9.96. The standard InChI is InChI=1S/C21H17ClN6O2S/c22-13-8-6-12(7-9-13)17-15(10-23)21(31-11-16(24)28-25)27-20(30)18(17)19(29)26-14-4-2-1-3-5-14/h1-9H,11,25H2,(H2,24,28)(H,26,29)(H,27,30). The molecule has 2 aromatic carbocycles. The molecule has 31 heavy (non-hydrogen) atoms. The second-order valence-corrected chi connectivity index (χ2v) is 7.68. The van der Waals surface area contributed by atoms with E-state index in [2.05, 4.69) is 21.5 Å². The van der Waals surface area contributed by atoms with Crippen LogP contribution in [0.4, 0.5) is 5.69 Å². The maximum atomic E-state index is 13.1. The third-order valence-corrected chi connectivity index (χ3v) is 5.50. The molecule has 0 fully saturated rings. The molecular formula is C21H17ClN6O2S. The van der Waals surface area contributed by atoms with E-state index in [1.807, 2.05) is 0 Å². The summed E-state index contributed by atoms with van der Waals surface area (Å²) in [6.45, 7) is 0. The van der Waals surface area contributed by atoms with E-state index in [4.69, 9.17) is 23.2 Å². The number of thioether (sulfide) groups is 1. The smallest absolute Gasteiger partial charge is 0.262 e. The van der Waals surface area contributed by atoms with Crippen LogP contribution in [0.3, 0.4) is 0 Å². The number of nitrogens with one attached hydrogen (secondary N) is 2. The van der Waals surface area contributed by atoms with Gasteiger partial charge in [0.05, 0.1) is 16.3 Å². The lowest BCUT2D eigenvalue weighted by molar-refractivity contribution is 0.102. The first kappa shape index (κ1) is 22.0. The van der Waals surface area contributed by atoms with Gasteiger partial charge in [-0.15, -0.1) is 0 Å². The summed E-state index contributed by atoms with van der Waals surface area (Å²) < 4.78 is 0. The number of halogens is 1. The molecule has 6 N–H and O–H groups in total. The molecule has 0 saturated heterocycles. The number of hydrogen-bond acceptors (Lipinski definition) is 6. The maximum absolute atomic E-state index is 13.1. The quantitative estimate of drug-likeness (QED) is 0.148. The first-order valence-corrected chi connectivity index (χ1v) is 10.3. The van der Waals surface area contributed by atoms with Gasteiger partial charge in [0.1, 0.15) is 17.5 Å². The van der Waals surface area contributed by atoms with E-state index >= 15 is 0 Å². The number of carbonyl (C=O) groups excluding carboxylic acids is 1. The number of carbonyl (C=O) groups is 1. The zero-order valence-electron chi connectivity index (χ0n) is 16.1. The number of nitrogens with two attached hydrogens (primary N) is 2. The van der Waals surface area contributed by atoms with Crippen molar-refractivity contribution in [3.8, 4) is 17.2 Å². The lowest BCUT2D eigenvalue weighted by Crippen LogP contribution is -2.26. The minimum atomic E-state index is -0.650. The topological polar surface area (TPSA) is 150 Å². The fourth-order valence-corrected chi connectivity index (χ4v) is 3.77. The molecule has 0 bridgehead atoms. The van der Waals surface area contributed by atoms with Crippen molar-refractivity contribution >= 4 is 40.8 Å². The van der Waals surface area contributed by atoms with Crippen molar-refractivity contribution in [2.75, 3.05) is 11.1 Å². The van der Waals surface area contributed by atoms with Crippen LogP contribution in [-0.2, 0) is 0 Å². The number of aromatic nitrogens is 1. The van der Waals surface area contributed by atoms with Crippen LogP contribution in [0.1, 0.15) is 15.9 Å². The summed E-state index contributed by atoms with van der Waals surface area (Å²) >= 11 is 7.07. The number of amides is 1. The molecule has 1 amide bonds. The number of benzene rings is 2. The minimum absolute atomic E-state index is 0.120. The lowest BCUT2D eigenvalue weighted by Gasteiger charge is -2.14. The second-order valence-electron chi connectivity index (χ2n) is 6.26. The number of rotatable bonds is 6. The number of nitriles is 1. The first-order chi connectivity index (χ1) is 14.9. The summed E-state index contributed by atoms with van der Waals surface area (Å²) in [5, 5.41) is 16.7. The van der Waals surface area contributed by atoms with Gasteiger partial charge in [-0.25, -0.2) is 0 Å². The van der Waals surface area contributed by atoms with Crippen LogP contribution in [0.5, 0.6) is 0 Å². The summed E-state index contributed by atoms with van der Waals surface area (Å²) in [5.74, 6) is 4.79. The van der Waals surface area contributed by atoms with E-state index in [0.29, 0.717) is 16.3 Å². The van der Waals surface area contributed by atoms with Crippen molar-refractivity contribution in [1.82, 2.24) is 4.98 Å². The molecule has 0 unspecified atom stereocenters. The van der Waals surface area contributed by atoms with Crippen LogP contribution in [-0.4, -0.2) is 22.5 Å². The molecule has 3 aromatic rings.